The van der Waals surface area contributed by atoms with Gasteiger partial charge >= 0.3 is 5.97 Å². The third-order valence-corrected chi connectivity index (χ3v) is 5.59. The molecule has 6 nitrogen and oxygen atoms in total. The molecular weight excluding hydrogens is 445 g/mol. The minimum atomic E-state index is -0.741. The van der Waals surface area contributed by atoms with Crippen LogP contribution in [0.3, 0.4) is 0 Å². The molecule has 0 bridgehead atoms. The second-order valence-electron chi connectivity index (χ2n) is 7.07. The third kappa shape index (κ3) is 6.32. The lowest BCUT2D eigenvalue weighted by atomic mass is 10.1. The fourth-order valence-corrected chi connectivity index (χ4v) is 4.01. The van der Waals surface area contributed by atoms with E-state index in [9.17, 15) is 19.1 Å². The van der Waals surface area contributed by atoms with Gasteiger partial charge in [0.1, 0.15) is 34.5 Å². The summed E-state index contributed by atoms with van der Waals surface area (Å²) in [4.78, 5) is 28.9. The Morgan fingerprint density at radius 1 is 1.12 bits per heavy atom. The number of nitrogens with zero attached hydrogens (tertiary/aromatic N) is 1. The van der Waals surface area contributed by atoms with E-state index in [1.54, 1.807) is 43.3 Å². The number of amides is 1. The average molecular weight is 470 g/mol. The molecule has 0 saturated heterocycles. The SMILES string of the molecule is CCCC(=O)N=C1S/C(=C\c2ccccc2OCc2ccc(F)cc2)C(O)=C1C(=O)OCC. The summed E-state index contributed by atoms with van der Waals surface area (Å²) >= 11 is 1.02. The Bertz CT molecular complexity index is 1120. The number of hydrogen-bond donors (Lipinski definition) is 1. The predicted molar refractivity (Wildman–Crippen MR) is 126 cm³/mol. The molecule has 2 aromatic carbocycles. The number of thioether (sulfide) groups is 1. The predicted octanol–water partition coefficient (Wildman–Crippen LogP) is 5.59. The molecular formula is C25H24FNO5S. The van der Waals surface area contributed by atoms with Crippen molar-refractivity contribution in [2.45, 2.75) is 33.3 Å². The van der Waals surface area contributed by atoms with Gasteiger partial charge in [-0.05, 0) is 43.2 Å². The minimum Gasteiger partial charge on any atom is -0.506 e. The van der Waals surface area contributed by atoms with Crippen molar-refractivity contribution in [3.8, 4) is 5.75 Å². The summed E-state index contributed by atoms with van der Waals surface area (Å²) in [5, 5.41) is 10.9. The van der Waals surface area contributed by atoms with Crippen LogP contribution in [0.1, 0.15) is 37.8 Å². The van der Waals surface area contributed by atoms with E-state index in [1.807, 2.05) is 13.0 Å². The van der Waals surface area contributed by atoms with Crippen molar-refractivity contribution in [3.63, 3.8) is 0 Å². The van der Waals surface area contributed by atoms with Gasteiger partial charge in [0.15, 0.2) is 0 Å². The van der Waals surface area contributed by atoms with Crippen LogP contribution < -0.4 is 4.74 Å². The van der Waals surface area contributed by atoms with Gasteiger partial charge in [-0.25, -0.2) is 14.2 Å². The van der Waals surface area contributed by atoms with Gasteiger partial charge in [0.25, 0.3) is 0 Å². The Morgan fingerprint density at radius 2 is 1.85 bits per heavy atom. The fourth-order valence-electron chi connectivity index (χ4n) is 2.99. The fraction of sp³-hybridized carbons (Fsp3) is 0.240. The van der Waals surface area contributed by atoms with Crippen molar-refractivity contribution in [1.82, 2.24) is 0 Å². The molecule has 0 saturated carbocycles. The molecule has 33 heavy (non-hydrogen) atoms. The maximum absolute atomic E-state index is 13.1. The third-order valence-electron chi connectivity index (χ3n) is 4.57. The number of benzene rings is 2. The topological polar surface area (TPSA) is 85.2 Å². The van der Waals surface area contributed by atoms with Gasteiger partial charge in [-0.15, -0.1) is 0 Å². The van der Waals surface area contributed by atoms with Crippen LogP contribution in [0, 0.1) is 5.82 Å². The molecule has 8 heteroatoms. The number of aliphatic hydroxyl groups is 1. The summed E-state index contributed by atoms with van der Waals surface area (Å²) < 4.78 is 24.1. The Hall–Kier alpha value is -3.39. The highest BCUT2D eigenvalue weighted by Gasteiger charge is 2.33. The molecule has 0 fully saturated rings. The summed E-state index contributed by atoms with van der Waals surface area (Å²) in [5.41, 5.74) is 1.32. The summed E-state index contributed by atoms with van der Waals surface area (Å²) in [7, 11) is 0. The number of esters is 1. The van der Waals surface area contributed by atoms with Gasteiger partial charge in [0, 0.05) is 12.0 Å². The molecule has 0 spiro atoms. The van der Waals surface area contributed by atoms with E-state index in [-0.39, 0.29) is 47.7 Å². The normalized spacial score (nSPS) is 15.8. The van der Waals surface area contributed by atoms with E-state index in [2.05, 4.69) is 4.99 Å². The number of carbonyl (C=O) groups excluding carboxylic acids is 2. The van der Waals surface area contributed by atoms with E-state index in [0.717, 1.165) is 17.3 Å². The Kier molecular flexibility index (Phi) is 8.43. The van der Waals surface area contributed by atoms with E-state index < -0.39 is 5.97 Å². The van der Waals surface area contributed by atoms with E-state index in [4.69, 9.17) is 9.47 Å². The molecule has 1 aliphatic rings. The van der Waals surface area contributed by atoms with E-state index >= 15 is 0 Å². The highest BCUT2D eigenvalue weighted by atomic mass is 32.2. The Balaban J connectivity index is 1.91. The van der Waals surface area contributed by atoms with E-state index in [1.165, 1.54) is 12.1 Å². The van der Waals surface area contributed by atoms with Gasteiger partial charge in [-0.1, -0.05) is 49.0 Å². The van der Waals surface area contributed by atoms with Gasteiger partial charge in [0.2, 0.25) is 5.91 Å². The zero-order valence-electron chi connectivity index (χ0n) is 18.3. The number of ether oxygens (including phenoxy) is 2. The zero-order chi connectivity index (χ0) is 23.8. The summed E-state index contributed by atoms with van der Waals surface area (Å²) in [6.45, 7) is 3.85. The van der Waals surface area contributed by atoms with Crippen molar-refractivity contribution in [3.05, 3.63) is 81.7 Å². The minimum absolute atomic E-state index is 0.111. The van der Waals surface area contributed by atoms with Crippen LogP contribution in [-0.4, -0.2) is 28.6 Å². The lowest BCUT2D eigenvalue weighted by Crippen LogP contribution is -2.14. The maximum atomic E-state index is 13.1. The first kappa shape index (κ1) is 24.3. The monoisotopic (exact) mass is 469 g/mol. The quantitative estimate of drug-likeness (QED) is 0.507. The molecule has 1 amide bonds. The van der Waals surface area contributed by atoms with Crippen LogP contribution in [0.15, 0.2) is 69.8 Å². The second kappa shape index (κ2) is 11.5. The molecule has 0 radical (unpaired) electrons. The molecule has 2 aromatic rings. The number of halogens is 1. The number of carbonyl (C=O) groups is 2. The molecule has 0 aromatic heterocycles. The van der Waals surface area contributed by atoms with Crippen LogP contribution in [0.5, 0.6) is 5.75 Å². The highest BCUT2D eigenvalue weighted by Crippen LogP contribution is 2.40. The number of para-hydroxylation sites is 1. The van der Waals surface area contributed by atoms with Crippen LogP contribution >= 0.6 is 11.8 Å². The van der Waals surface area contributed by atoms with Crippen LogP contribution in [0.25, 0.3) is 6.08 Å². The van der Waals surface area contributed by atoms with Crippen molar-refractivity contribution in [2.24, 2.45) is 4.99 Å². The standard InChI is InChI=1S/C25H24FNO5S/c1-3-7-21(28)27-24-22(25(30)31-4-2)23(29)20(33-24)14-17-8-5-6-9-19(17)32-15-16-10-12-18(26)13-11-16/h5-6,8-14,29H,3-4,7,15H2,1-2H3/b20-14-,27-24?. The largest absolute Gasteiger partial charge is 0.506 e. The van der Waals surface area contributed by atoms with Crippen LogP contribution in [0.4, 0.5) is 4.39 Å². The molecule has 1 N–H and O–H groups in total. The van der Waals surface area contributed by atoms with Crippen molar-refractivity contribution < 1.29 is 28.6 Å². The van der Waals surface area contributed by atoms with Crippen LogP contribution in [0.2, 0.25) is 0 Å². The average Bonchev–Trinajstić information content (AvgIpc) is 3.09. The van der Waals surface area contributed by atoms with Crippen LogP contribution in [-0.2, 0) is 20.9 Å². The number of aliphatic imine (C=N–C) groups is 1. The lowest BCUT2D eigenvalue weighted by Gasteiger charge is -2.10. The van der Waals surface area contributed by atoms with Crippen molar-refractivity contribution >= 4 is 34.8 Å². The first-order valence-electron chi connectivity index (χ1n) is 10.5. The van der Waals surface area contributed by atoms with Crippen molar-refractivity contribution in [2.75, 3.05) is 6.61 Å². The molecule has 1 aliphatic heterocycles. The molecule has 0 atom stereocenters. The van der Waals surface area contributed by atoms with Gasteiger partial charge in [-0.2, -0.15) is 0 Å². The maximum Gasteiger partial charge on any atom is 0.344 e. The summed E-state index contributed by atoms with van der Waals surface area (Å²) in [5.74, 6) is -1.20. The van der Waals surface area contributed by atoms with E-state index in [0.29, 0.717) is 22.6 Å². The Morgan fingerprint density at radius 3 is 2.55 bits per heavy atom. The smallest absolute Gasteiger partial charge is 0.344 e. The highest BCUT2D eigenvalue weighted by molar-refractivity contribution is 8.18. The van der Waals surface area contributed by atoms with Gasteiger partial charge in [0.05, 0.1) is 11.5 Å². The second-order valence-corrected chi connectivity index (χ2v) is 8.10. The molecule has 0 aliphatic carbocycles. The summed E-state index contributed by atoms with van der Waals surface area (Å²) in [6, 6.07) is 13.2. The lowest BCUT2D eigenvalue weighted by molar-refractivity contribution is -0.138. The van der Waals surface area contributed by atoms with Gasteiger partial charge in [-0.3, -0.25) is 4.79 Å². The molecule has 172 valence electrons. The summed E-state index contributed by atoms with van der Waals surface area (Å²) in [6.07, 6.45) is 2.51. The van der Waals surface area contributed by atoms with Gasteiger partial charge < -0.3 is 14.6 Å². The molecule has 0 unspecified atom stereocenters. The number of rotatable bonds is 8. The molecule has 3 rings (SSSR count). The first-order chi connectivity index (χ1) is 15.9. The first-order valence-corrected chi connectivity index (χ1v) is 11.3. The Labute approximate surface area is 195 Å². The number of hydrogen-bond acceptors (Lipinski definition) is 6. The van der Waals surface area contributed by atoms with Crippen molar-refractivity contribution in [1.29, 1.82) is 0 Å². The zero-order valence-corrected chi connectivity index (χ0v) is 19.2. The molecule has 1 heterocycles. The number of aliphatic hydroxyl groups excluding tert-OH is 1.